The first-order valence-corrected chi connectivity index (χ1v) is 9.82. The molecule has 0 aliphatic heterocycles. The molecule has 2 rings (SSSR count). The topological polar surface area (TPSA) is 87.3 Å². The molecule has 0 saturated heterocycles. The van der Waals surface area contributed by atoms with Gasteiger partial charge >= 0.3 is 5.51 Å². The van der Waals surface area contributed by atoms with E-state index in [1.54, 1.807) is 19.1 Å². The van der Waals surface area contributed by atoms with E-state index in [0.29, 0.717) is 17.9 Å². The number of amides is 1. The molecule has 0 aliphatic carbocycles. The van der Waals surface area contributed by atoms with E-state index in [0.717, 1.165) is 17.7 Å². The monoisotopic (exact) mass is 415 g/mol. The minimum absolute atomic E-state index is 0.0752. The third-order valence-electron chi connectivity index (χ3n) is 3.75. The second-order valence-electron chi connectivity index (χ2n) is 5.95. The van der Waals surface area contributed by atoms with Crippen molar-refractivity contribution in [2.24, 2.45) is 0 Å². The van der Waals surface area contributed by atoms with E-state index in [-0.39, 0.29) is 12.2 Å². The van der Waals surface area contributed by atoms with Crippen LogP contribution in [0.2, 0.25) is 0 Å². The molecular weight excluding hydrogens is 395 g/mol. The molecular formula is C18H20F3N3O3S. The SMILES string of the molecule is CCNc1ccc(S(=O)(=O)C(F)(F)F)cc1NCC(=O)Nc1ccc(C)cc1. The summed E-state index contributed by atoms with van der Waals surface area (Å²) in [6, 6.07) is 10.0. The number of hydrogen-bond acceptors (Lipinski definition) is 5. The summed E-state index contributed by atoms with van der Waals surface area (Å²) in [6.45, 7) is 3.86. The Bertz CT molecular complexity index is 943. The summed E-state index contributed by atoms with van der Waals surface area (Å²) in [6.07, 6.45) is 0. The van der Waals surface area contributed by atoms with E-state index in [4.69, 9.17) is 0 Å². The molecule has 152 valence electrons. The van der Waals surface area contributed by atoms with Gasteiger partial charge in [0.05, 0.1) is 22.8 Å². The molecule has 6 nitrogen and oxygen atoms in total. The van der Waals surface area contributed by atoms with Crippen molar-refractivity contribution in [1.29, 1.82) is 0 Å². The minimum Gasteiger partial charge on any atom is -0.384 e. The van der Waals surface area contributed by atoms with Crippen LogP contribution in [0, 0.1) is 6.92 Å². The second kappa shape index (κ2) is 8.51. The highest BCUT2D eigenvalue weighted by atomic mass is 32.2. The van der Waals surface area contributed by atoms with Gasteiger partial charge in [0.1, 0.15) is 0 Å². The average Bonchev–Trinajstić information content (AvgIpc) is 2.62. The van der Waals surface area contributed by atoms with Crippen LogP contribution in [0.25, 0.3) is 0 Å². The molecule has 0 spiro atoms. The van der Waals surface area contributed by atoms with Crippen molar-refractivity contribution in [1.82, 2.24) is 0 Å². The number of nitrogens with one attached hydrogen (secondary N) is 3. The maximum absolute atomic E-state index is 12.8. The minimum atomic E-state index is -5.49. The number of sulfone groups is 1. The molecule has 0 aliphatic rings. The van der Waals surface area contributed by atoms with Crippen LogP contribution in [-0.2, 0) is 14.6 Å². The highest BCUT2D eigenvalue weighted by molar-refractivity contribution is 7.92. The standard InChI is InChI=1S/C18H20F3N3O3S/c1-3-22-15-9-8-14(28(26,27)18(19,20)21)10-16(15)23-11-17(25)24-13-6-4-12(2)5-7-13/h4-10,22-23H,3,11H2,1-2H3,(H,24,25). The molecule has 28 heavy (non-hydrogen) atoms. The van der Waals surface area contributed by atoms with E-state index in [9.17, 15) is 26.4 Å². The molecule has 0 aromatic heterocycles. The Hall–Kier alpha value is -2.75. The lowest BCUT2D eigenvalue weighted by Crippen LogP contribution is -2.24. The van der Waals surface area contributed by atoms with Crippen LogP contribution in [0.1, 0.15) is 12.5 Å². The molecule has 0 heterocycles. The van der Waals surface area contributed by atoms with Crippen molar-refractivity contribution in [3.05, 3.63) is 48.0 Å². The normalized spacial score (nSPS) is 11.8. The van der Waals surface area contributed by atoms with Gasteiger partial charge in [0.25, 0.3) is 9.84 Å². The largest absolute Gasteiger partial charge is 0.501 e. The Balaban J connectivity index is 2.19. The van der Waals surface area contributed by atoms with E-state index in [1.807, 2.05) is 19.1 Å². The van der Waals surface area contributed by atoms with Crippen LogP contribution in [0.3, 0.4) is 0 Å². The van der Waals surface area contributed by atoms with E-state index in [1.165, 1.54) is 6.07 Å². The summed E-state index contributed by atoms with van der Waals surface area (Å²) in [4.78, 5) is 11.2. The summed E-state index contributed by atoms with van der Waals surface area (Å²) < 4.78 is 61.6. The summed E-state index contributed by atoms with van der Waals surface area (Å²) in [5, 5.41) is 8.23. The molecule has 1 amide bonds. The highest BCUT2D eigenvalue weighted by Crippen LogP contribution is 2.33. The van der Waals surface area contributed by atoms with Gasteiger partial charge in [0.2, 0.25) is 5.91 Å². The van der Waals surface area contributed by atoms with E-state index in [2.05, 4.69) is 16.0 Å². The molecule has 0 atom stereocenters. The summed E-state index contributed by atoms with van der Waals surface area (Å²) >= 11 is 0. The smallest absolute Gasteiger partial charge is 0.384 e. The number of anilines is 3. The fraction of sp³-hybridized carbons (Fsp3) is 0.278. The highest BCUT2D eigenvalue weighted by Gasteiger charge is 2.47. The molecule has 10 heteroatoms. The first-order valence-electron chi connectivity index (χ1n) is 8.34. The molecule has 0 fully saturated rings. The van der Waals surface area contributed by atoms with Crippen LogP contribution in [0.15, 0.2) is 47.4 Å². The number of aryl methyl sites for hydroxylation is 1. The van der Waals surface area contributed by atoms with Crippen LogP contribution in [0.4, 0.5) is 30.2 Å². The lowest BCUT2D eigenvalue weighted by atomic mass is 10.2. The molecule has 3 N–H and O–H groups in total. The third-order valence-corrected chi connectivity index (χ3v) is 5.23. The van der Waals surface area contributed by atoms with Crippen LogP contribution < -0.4 is 16.0 Å². The average molecular weight is 415 g/mol. The van der Waals surface area contributed by atoms with Crippen molar-refractivity contribution >= 4 is 32.8 Å². The van der Waals surface area contributed by atoms with Gasteiger partial charge in [-0.2, -0.15) is 13.2 Å². The first-order chi connectivity index (χ1) is 13.0. The lowest BCUT2D eigenvalue weighted by Gasteiger charge is -2.16. The van der Waals surface area contributed by atoms with Gasteiger partial charge in [0, 0.05) is 12.2 Å². The predicted molar refractivity (Wildman–Crippen MR) is 102 cm³/mol. The number of hydrogen-bond donors (Lipinski definition) is 3. The summed E-state index contributed by atoms with van der Waals surface area (Å²) in [7, 11) is -5.49. The number of alkyl halides is 3. The van der Waals surface area contributed by atoms with Gasteiger partial charge in [-0.15, -0.1) is 0 Å². The zero-order valence-electron chi connectivity index (χ0n) is 15.2. The maximum Gasteiger partial charge on any atom is 0.501 e. The molecule has 0 radical (unpaired) electrons. The van der Waals surface area contributed by atoms with Gasteiger partial charge < -0.3 is 16.0 Å². The van der Waals surface area contributed by atoms with Gasteiger partial charge in [-0.1, -0.05) is 17.7 Å². The van der Waals surface area contributed by atoms with E-state index >= 15 is 0 Å². The number of halogens is 3. The van der Waals surface area contributed by atoms with Gasteiger partial charge in [-0.05, 0) is 44.2 Å². The van der Waals surface area contributed by atoms with Crippen molar-refractivity contribution in [3.63, 3.8) is 0 Å². The maximum atomic E-state index is 12.8. The van der Waals surface area contributed by atoms with Gasteiger partial charge in [0.15, 0.2) is 0 Å². The van der Waals surface area contributed by atoms with Crippen molar-refractivity contribution < 1.29 is 26.4 Å². The second-order valence-corrected chi connectivity index (χ2v) is 7.90. The number of carbonyl (C=O) groups excluding carboxylic acids is 1. The van der Waals surface area contributed by atoms with Crippen molar-refractivity contribution in [2.45, 2.75) is 24.3 Å². The summed E-state index contributed by atoms with van der Waals surface area (Å²) in [5.41, 5.74) is -3.36. The Morgan fingerprint density at radius 1 is 1.00 bits per heavy atom. The quantitative estimate of drug-likeness (QED) is 0.641. The Morgan fingerprint density at radius 3 is 2.21 bits per heavy atom. The van der Waals surface area contributed by atoms with Gasteiger partial charge in [-0.25, -0.2) is 8.42 Å². The van der Waals surface area contributed by atoms with Gasteiger partial charge in [-0.3, -0.25) is 4.79 Å². The molecule has 2 aromatic carbocycles. The molecule has 0 bridgehead atoms. The number of carbonyl (C=O) groups is 1. The molecule has 0 unspecified atom stereocenters. The van der Waals surface area contributed by atoms with E-state index < -0.39 is 26.1 Å². The fourth-order valence-corrected chi connectivity index (χ4v) is 3.12. The molecule has 2 aromatic rings. The zero-order chi connectivity index (χ0) is 20.9. The zero-order valence-corrected chi connectivity index (χ0v) is 16.0. The van der Waals surface area contributed by atoms with Crippen LogP contribution in [-0.4, -0.2) is 32.9 Å². The fourth-order valence-electron chi connectivity index (χ4n) is 2.33. The van der Waals surface area contributed by atoms with Crippen LogP contribution >= 0.6 is 0 Å². The number of rotatable bonds is 7. The predicted octanol–water partition coefficient (Wildman–Crippen LogP) is 3.77. The van der Waals surface area contributed by atoms with Crippen LogP contribution in [0.5, 0.6) is 0 Å². The van der Waals surface area contributed by atoms with Crippen molar-refractivity contribution in [3.8, 4) is 0 Å². The Labute approximate surface area is 161 Å². The first kappa shape index (κ1) is 21.5. The Morgan fingerprint density at radius 2 is 1.64 bits per heavy atom. The lowest BCUT2D eigenvalue weighted by molar-refractivity contribution is -0.114. The number of benzene rings is 2. The third kappa shape index (κ3) is 5.16. The summed E-state index contributed by atoms with van der Waals surface area (Å²) in [5.74, 6) is -0.435. The molecule has 0 saturated carbocycles. The Kier molecular flexibility index (Phi) is 6.55. The van der Waals surface area contributed by atoms with Crippen molar-refractivity contribution in [2.75, 3.05) is 29.0 Å².